The predicted octanol–water partition coefficient (Wildman–Crippen LogP) is 4.11. The number of carbonyl (C=O) groups excluding carboxylic acids is 1. The maximum Gasteiger partial charge on any atom is 0.261 e. The van der Waals surface area contributed by atoms with Gasteiger partial charge in [-0.05, 0) is 56.5 Å². The highest BCUT2D eigenvalue weighted by Gasteiger charge is 2.22. The molecule has 144 valence electrons. The first-order chi connectivity index (χ1) is 13.0. The molecule has 1 heterocycles. The normalized spacial score (nSPS) is 15.0. The number of nitrogens with one attached hydrogen (secondary N) is 1. The number of rotatable bonds is 6. The highest BCUT2D eigenvalue weighted by atomic mass is 16.6. The monoisotopic (exact) mass is 369 g/mol. The molecule has 5 heteroatoms. The number of carbonyl (C=O) groups is 1. The maximum atomic E-state index is 12.7. The lowest BCUT2D eigenvalue weighted by atomic mass is 10.1. The van der Waals surface area contributed by atoms with Gasteiger partial charge in [-0.15, -0.1) is 0 Å². The van der Waals surface area contributed by atoms with Crippen LogP contribution in [0.4, 0.5) is 0 Å². The molecule has 5 nitrogen and oxygen atoms in total. The van der Waals surface area contributed by atoms with E-state index < -0.39 is 6.10 Å². The Morgan fingerprint density at radius 3 is 2.56 bits per heavy atom. The highest BCUT2D eigenvalue weighted by Crippen LogP contribution is 2.32. The molecule has 2 aromatic rings. The van der Waals surface area contributed by atoms with E-state index >= 15 is 0 Å². The molecular formula is C22H27NO4. The average molecular weight is 369 g/mol. The Balaban J connectivity index is 1.67. The van der Waals surface area contributed by atoms with Crippen LogP contribution in [-0.2, 0) is 4.79 Å². The van der Waals surface area contributed by atoms with E-state index in [1.165, 1.54) is 5.56 Å². The van der Waals surface area contributed by atoms with Crippen molar-refractivity contribution in [2.75, 3.05) is 13.2 Å². The second-order valence-corrected chi connectivity index (χ2v) is 6.92. The standard InChI is InChI=1S/C22H27NO4/c1-5-18(27-19-8-6-14(2)12-15(19)3)22(24)23-16(4)17-7-9-20-21(13-17)26-11-10-25-20/h6-9,12-13,16,18H,5,10-11H2,1-4H3,(H,23,24)/t16-,18+/m0/s1. The summed E-state index contributed by atoms with van der Waals surface area (Å²) in [6.45, 7) is 9.03. The molecule has 0 aromatic heterocycles. The van der Waals surface area contributed by atoms with Crippen LogP contribution in [0.1, 0.15) is 43.0 Å². The zero-order valence-electron chi connectivity index (χ0n) is 16.4. The van der Waals surface area contributed by atoms with Crippen LogP contribution in [0.25, 0.3) is 0 Å². The second-order valence-electron chi connectivity index (χ2n) is 6.92. The quantitative estimate of drug-likeness (QED) is 0.833. The summed E-state index contributed by atoms with van der Waals surface area (Å²) in [6.07, 6.45) is 0.0542. The van der Waals surface area contributed by atoms with E-state index in [1.54, 1.807) is 0 Å². The van der Waals surface area contributed by atoms with Crippen molar-refractivity contribution in [3.8, 4) is 17.2 Å². The van der Waals surface area contributed by atoms with Crippen LogP contribution in [0.15, 0.2) is 36.4 Å². The number of hydrogen-bond donors (Lipinski definition) is 1. The Bertz CT molecular complexity index is 818. The summed E-state index contributed by atoms with van der Waals surface area (Å²) in [7, 11) is 0. The smallest absolute Gasteiger partial charge is 0.261 e. The van der Waals surface area contributed by atoms with Crippen LogP contribution in [-0.4, -0.2) is 25.2 Å². The van der Waals surface area contributed by atoms with Gasteiger partial charge < -0.3 is 19.5 Å². The summed E-state index contributed by atoms with van der Waals surface area (Å²) >= 11 is 0. The van der Waals surface area contributed by atoms with Crippen molar-refractivity contribution in [2.45, 2.75) is 46.3 Å². The second kappa shape index (κ2) is 8.33. The summed E-state index contributed by atoms with van der Waals surface area (Å²) in [5.74, 6) is 2.08. The van der Waals surface area contributed by atoms with E-state index in [0.29, 0.717) is 19.6 Å². The van der Waals surface area contributed by atoms with Crippen LogP contribution in [0.3, 0.4) is 0 Å². The van der Waals surface area contributed by atoms with Crippen molar-refractivity contribution in [3.05, 3.63) is 53.1 Å². The lowest BCUT2D eigenvalue weighted by Crippen LogP contribution is -2.39. The van der Waals surface area contributed by atoms with Crippen molar-refractivity contribution in [2.24, 2.45) is 0 Å². The lowest BCUT2D eigenvalue weighted by molar-refractivity contribution is -0.128. The number of ether oxygens (including phenoxy) is 3. The van der Waals surface area contributed by atoms with Crippen molar-refractivity contribution in [1.29, 1.82) is 0 Å². The summed E-state index contributed by atoms with van der Waals surface area (Å²) in [5, 5.41) is 3.04. The zero-order chi connectivity index (χ0) is 19.4. The van der Waals surface area contributed by atoms with Gasteiger partial charge in [0.1, 0.15) is 19.0 Å². The van der Waals surface area contributed by atoms with E-state index in [-0.39, 0.29) is 11.9 Å². The summed E-state index contributed by atoms with van der Waals surface area (Å²) < 4.78 is 17.2. The first-order valence-corrected chi connectivity index (χ1v) is 9.41. The third-order valence-corrected chi connectivity index (χ3v) is 4.69. The van der Waals surface area contributed by atoms with Gasteiger partial charge in [-0.3, -0.25) is 4.79 Å². The van der Waals surface area contributed by atoms with Gasteiger partial charge in [0.15, 0.2) is 17.6 Å². The molecule has 2 atom stereocenters. The first-order valence-electron chi connectivity index (χ1n) is 9.41. The highest BCUT2D eigenvalue weighted by molar-refractivity contribution is 5.81. The van der Waals surface area contributed by atoms with Gasteiger partial charge in [-0.1, -0.05) is 30.7 Å². The molecule has 1 amide bonds. The largest absolute Gasteiger partial charge is 0.486 e. The zero-order valence-corrected chi connectivity index (χ0v) is 16.4. The van der Waals surface area contributed by atoms with Gasteiger partial charge in [-0.25, -0.2) is 0 Å². The van der Waals surface area contributed by atoms with Crippen molar-refractivity contribution < 1.29 is 19.0 Å². The number of hydrogen-bond acceptors (Lipinski definition) is 4. The molecule has 27 heavy (non-hydrogen) atoms. The fourth-order valence-corrected chi connectivity index (χ4v) is 3.13. The molecule has 2 aromatic carbocycles. The molecule has 0 saturated carbocycles. The molecule has 0 aliphatic carbocycles. The van der Waals surface area contributed by atoms with Crippen LogP contribution in [0.5, 0.6) is 17.2 Å². The third kappa shape index (κ3) is 4.54. The molecule has 0 fully saturated rings. The number of fused-ring (bicyclic) bond motifs is 1. The van der Waals surface area contributed by atoms with Gasteiger partial charge in [0, 0.05) is 0 Å². The molecule has 3 rings (SSSR count). The molecule has 1 aliphatic heterocycles. The number of aryl methyl sites for hydroxylation is 2. The van der Waals surface area contributed by atoms with Gasteiger partial charge in [0.2, 0.25) is 0 Å². The summed E-state index contributed by atoms with van der Waals surface area (Å²) in [4.78, 5) is 12.7. The fourth-order valence-electron chi connectivity index (χ4n) is 3.13. The Morgan fingerprint density at radius 1 is 1.11 bits per heavy atom. The topological polar surface area (TPSA) is 56.8 Å². The van der Waals surface area contributed by atoms with Crippen LogP contribution < -0.4 is 19.5 Å². The Hall–Kier alpha value is -2.69. The van der Waals surface area contributed by atoms with E-state index in [4.69, 9.17) is 14.2 Å². The minimum Gasteiger partial charge on any atom is -0.486 e. The molecule has 1 N–H and O–H groups in total. The van der Waals surface area contributed by atoms with Gasteiger partial charge in [0.05, 0.1) is 6.04 Å². The van der Waals surface area contributed by atoms with Crippen molar-refractivity contribution in [1.82, 2.24) is 5.32 Å². The minimum absolute atomic E-state index is 0.125. The van der Waals surface area contributed by atoms with Crippen LogP contribution in [0.2, 0.25) is 0 Å². The Kier molecular flexibility index (Phi) is 5.89. The Morgan fingerprint density at radius 2 is 1.85 bits per heavy atom. The van der Waals surface area contributed by atoms with Crippen LogP contribution in [0, 0.1) is 13.8 Å². The molecule has 0 bridgehead atoms. The molecule has 0 radical (unpaired) electrons. The SMILES string of the molecule is CC[C@@H](Oc1ccc(C)cc1C)C(=O)N[C@@H](C)c1ccc2c(c1)OCCO2. The maximum absolute atomic E-state index is 12.7. The van der Waals surface area contributed by atoms with Gasteiger partial charge in [0.25, 0.3) is 5.91 Å². The molecule has 1 aliphatic rings. The van der Waals surface area contributed by atoms with Crippen molar-refractivity contribution >= 4 is 5.91 Å². The van der Waals surface area contributed by atoms with Crippen molar-refractivity contribution in [3.63, 3.8) is 0 Å². The van der Waals surface area contributed by atoms with E-state index in [9.17, 15) is 4.79 Å². The fraction of sp³-hybridized carbons (Fsp3) is 0.409. The molecule has 0 unspecified atom stereocenters. The van der Waals surface area contributed by atoms with E-state index in [1.807, 2.05) is 58.0 Å². The van der Waals surface area contributed by atoms with E-state index in [2.05, 4.69) is 11.4 Å². The Labute approximate surface area is 160 Å². The van der Waals surface area contributed by atoms with Gasteiger partial charge >= 0.3 is 0 Å². The van der Waals surface area contributed by atoms with E-state index in [0.717, 1.165) is 28.4 Å². The predicted molar refractivity (Wildman–Crippen MR) is 105 cm³/mol. The average Bonchev–Trinajstić information content (AvgIpc) is 2.66. The molecular weight excluding hydrogens is 342 g/mol. The summed E-state index contributed by atoms with van der Waals surface area (Å²) in [6, 6.07) is 11.6. The number of amides is 1. The lowest BCUT2D eigenvalue weighted by Gasteiger charge is -2.23. The molecule has 0 spiro atoms. The third-order valence-electron chi connectivity index (χ3n) is 4.69. The summed E-state index contributed by atoms with van der Waals surface area (Å²) in [5.41, 5.74) is 3.17. The number of benzene rings is 2. The first kappa shape index (κ1) is 19.1. The molecule has 0 saturated heterocycles. The minimum atomic E-state index is -0.536. The van der Waals surface area contributed by atoms with Crippen LogP contribution >= 0.6 is 0 Å². The van der Waals surface area contributed by atoms with Gasteiger partial charge in [-0.2, -0.15) is 0 Å².